The van der Waals surface area contributed by atoms with Gasteiger partial charge in [0.25, 0.3) is 0 Å². The number of aliphatic carboxylic acids is 3. The molecule has 0 aromatic heterocycles. The van der Waals surface area contributed by atoms with Crippen LogP contribution in [0.5, 0.6) is 0 Å². The highest BCUT2D eigenvalue weighted by molar-refractivity contribution is 14.1. The average molecular weight is 871 g/mol. The minimum Gasteiger partial charge on any atom is -0.481 e. The Balaban J connectivity index is 3.68. The van der Waals surface area contributed by atoms with Crippen molar-refractivity contribution in [2.24, 2.45) is 0 Å². The Kier molecular flexibility index (Phi) is 34.6. The fraction of sp³-hybridized carbons (Fsp3) is 0.838. The van der Waals surface area contributed by atoms with Crippen molar-refractivity contribution in [1.29, 1.82) is 0 Å². The number of nitrogens with one attached hydrogen (secondary N) is 4. The zero-order valence-corrected chi connectivity index (χ0v) is 33.8. The number of amides is 3. The van der Waals surface area contributed by atoms with Crippen LogP contribution in [0.4, 0.5) is 0 Å². The molecule has 0 radical (unpaired) electrons. The second-order valence-corrected chi connectivity index (χ2v) is 14.0. The molecule has 0 heterocycles. The topological polar surface area (TPSA) is 230 Å². The maximum absolute atomic E-state index is 12.3. The first-order valence-corrected chi connectivity index (χ1v) is 20.7. The van der Waals surface area contributed by atoms with Crippen molar-refractivity contribution in [1.82, 2.24) is 19.5 Å². The fourth-order valence-electron chi connectivity index (χ4n) is 5.55. The van der Waals surface area contributed by atoms with E-state index in [1.165, 1.54) is 57.8 Å². The zero-order valence-electron chi connectivity index (χ0n) is 31.6. The Morgan fingerprint density at radius 2 is 0.962 bits per heavy atom. The van der Waals surface area contributed by atoms with Crippen LogP contribution in [0, 0.1) is 0 Å². The number of carbonyl (C=O) groups excluding carboxylic acids is 3. The van der Waals surface area contributed by atoms with Gasteiger partial charge in [0.2, 0.25) is 17.7 Å². The standard InChI is InChI=1S/C37H67IN4O11/c38-42-31(37(50)51)19-17-18-24-39-34(45)29-53-28-27-52-26-25-40-32(43)23-22-30(36(48)49)41-33(44)20-15-13-11-9-7-5-3-1-2-4-6-8-10-12-14-16-21-35(46)47/h30-31,42H,1-29H2,(H,39,45)(H,40,43)(H,41,44)(H,46,47)(H,48,49)(H,50,51)/t30-,31-/m0/s1. The molecule has 308 valence electrons. The molecule has 15 nitrogen and oxygen atoms in total. The number of unbranched alkanes of at least 4 members (excludes halogenated alkanes) is 16. The Morgan fingerprint density at radius 3 is 1.47 bits per heavy atom. The van der Waals surface area contributed by atoms with Crippen LogP contribution in [0.2, 0.25) is 0 Å². The second kappa shape index (κ2) is 36.4. The van der Waals surface area contributed by atoms with E-state index in [-0.39, 0.29) is 76.4 Å². The van der Waals surface area contributed by atoms with Gasteiger partial charge < -0.3 is 40.7 Å². The van der Waals surface area contributed by atoms with E-state index in [9.17, 15) is 33.9 Å². The van der Waals surface area contributed by atoms with Gasteiger partial charge >= 0.3 is 17.9 Å². The van der Waals surface area contributed by atoms with Crippen molar-refractivity contribution in [2.45, 2.75) is 160 Å². The summed E-state index contributed by atoms with van der Waals surface area (Å²) in [4.78, 5) is 69.3. The first kappa shape index (κ1) is 50.4. The van der Waals surface area contributed by atoms with Gasteiger partial charge in [-0.25, -0.2) is 8.32 Å². The number of hydrogen-bond donors (Lipinski definition) is 7. The number of ether oxygens (including phenoxy) is 2. The Bertz CT molecular complexity index is 1010. The molecule has 0 saturated heterocycles. The number of carbonyl (C=O) groups is 6. The molecule has 16 heteroatoms. The van der Waals surface area contributed by atoms with E-state index in [4.69, 9.17) is 19.7 Å². The van der Waals surface area contributed by atoms with Crippen LogP contribution in [0.1, 0.15) is 148 Å². The molecule has 0 aliphatic carbocycles. The Hall–Kier alpha value is -2.57. The van der Waals surface area contributed by atoms with Gasteiger partial charge in [-0.3, -0.25) is 24.0 Å². The second-order valence-electron chi connectivity index (χ2n) is 13.4. The fourth-order valence-corrected chi connectivity index (χ4v) is 6.13. The average Bonchev–Trinajstić information content (AvgIpc) is 3.11. The summed E-state index contributed by atoms with van der Waals surface area (Å²) >= 11 is 1.81. The van der Waals surface area contributed by atoms with Gasteiger partial charge in [-0.15, -0.1) is 0 Å². The van der Waals surface area contributed by atoms with Gasteiger partial charge in [0.05, 0.1) is 19.8 Å². The number of hydrogen-bond acceptors (Lipinski definition) is 9. The summed E-state index contributed by atoms with van der Waals surface area (Å²) in [6, 6.07) is -1.74. The van der Waals surface area contributed by atoms with Crippen LogP contribution < -0.4 is 19.5 Å². The van der Waals surface area contributed by atoms with E-state index < -0.39 is 30.0 Å². The highest BCUT2D eigenvalue weighted by Gasteiger charge is 2.21. The predicted octanol–water partition coefficient (Wildman–Crippen LogP) is 5.27. The van der Waals surface area contributed by atoms with Crippen molar-refractivity contribution in [3.8, 4) is 0 Å². The normalized spacial score (nSPS) is 12.2. The van der Waals surface area contributed by atoms with E-state index in [0.717, 1.165) is 38.5 Å². The third kappa shape index (κ3) is 34.9. The lowest BCUT2D eigenvalue weighted by molar-refractivity contribution is -0.142. The smallest absolute Gasteiger partial charge is 0.326 e. The Labute approximate surface area is 329 Å². The third-order valence-electron chi connectivity index (χ3n) is 8.68. The van der Waals surface area contributed by atoms with Crippen LogP contribution in [0.25, 0.3) is 0 Å². The highest BCUT2D eigenvalue weighted by Crippen LogP contribution is 2.14. The quantitative estimate of drug-likeness (QED) is 0.0238. The Morgan fingerprint density at radius 1 is 0.472 bits per heavy atom. The van der Waals surface area contributed by atoms with E-state index in [1.54, 1.807) is 0 Å². The predicted molar refractivity (Wildman–Crippen MR) is 210 cm³/mol. The first-order chi connectivity index (χ1) is 25.6. The summed E-state index contributed by atoms with van der Waals surface area (Å²) in [6.07, 6.45) is 20.2. The lowest BCUT2D eigenvalue weighted by Gasteiger charge is -2.14. The molecule has 0 unspecified atom stereocenters. The summed E-state index contributed by atoms with van der Waals surface area (Å²) in [7, 11) is 0. The molecule has 0 aliphatic rings. The molecular weight excluding hydrogens is 803 g/mol. The lowest BCUT2D eigenvalue weighted by atomic mass is 10.0. The molecule has 0 rings (SSSR count). The minimum atomic E-state index is -1.17. The monoisotopic (exact) mass is 870 g/mol. The van der Waals surface area contributed by atoms with Gasteiger partial charge in [-0.05, 0) is 38.5 Å². The molecule has 0 bridgehead atoms. The molecule has 0 aromatic carbocycles. The maximum atomic E-state index is 12.3. The molecule has 0 fully saturated rings. The zero-order chi connectivity index (χ0) is 39.4. The van der Waals surface area contributed by atoms with Crippen molar-refractivity contribution >= 4 is 58.5 Å². The number of carboxylic acids is 3. The molecule has 0 aromatic rings. The third-order valence-corrected chi connectivity index (χ3v) is 9.43. The summed E-state index contributed by atoms with van der Waals surface area (Å²) in [5.41, 5.74) is 0. The van der Waals surface area contributed by atoms with Crippen LogP contribution in [-0.4, -0.2) is 103 Å². The van der Waals surface area contributed by atoms with Gasteiger partial charge in [0, 0.05) is 55.2 Å². The minimum absolute atomic E-state index is 0.0155. The summed E-state index contributed by atoms with van der Waals surface area (Å²) < 4.78 is 13.3. The van der Waals surface area contributed by atoms with Gasteiger partial charge in [0.15, 0.2) is 0 Å². The first-order valence-electron chi connectivity index (χ1n) is 19.6. The molecule has 53 heavy (non-hydrogen) atoms. The molecule has 0 spiro atoms. The summed E-state index contributed by atoms with van der Waals surface area (Å²) in [6.45, 7) is 1.15. The van der Waals surface area contributed by atoms with Crippen LogP contribution in [-0.2, 0) is 38.2 Å². The SMILES string of the molecule is O=C(O)CCCCCCCCCCCCCCCCCCC(=O)N[C@@H](CCC(=O)NCCOCCOCC(=O)NCCCC[C@H](NI)C(=O)O)C(=O)O. The number of halogens is 1. The van der Waals surface area contributed by atoms with Crippen molar-refractivity contribution < 1.29 is 53.6 Å². The highest BCUT2D eigenvalue weighted by atomic mass is 127. The van der Waals surface area contributed by atoms with E-state index >= 15 is 0 Å². The number of carboxylic acid groups (broad SMARTS) is 3. The van der Waals surface area contributed by atoms with Gasteiger partial charge in [-0.2, -0.15) is 0 Å². The molecule has 2 atom stereocenters. The summed E-state index contributed by atoms with van der Waals surface area (Å²) in [5, 5.41) is 35.0. The molecular formula is C37H67IN4O11. The lowest BCUT2D eigenvalue weighted by Crippen LogP contribution is -2.41. The van der Waals surface area contributed by atoms with E-state index in [1.807, 2.05) is 22.9 Å². The molecule has 0 saturated carbocycles. The summed E-state index contributed by atoms with van der Waals surface area (Å²) in [5.74, 6) is -3.72. The van der Waals surface area contributed by atoms with Crippen molar-refractivity contribution in [2.75, 3.05) is 39.5 Å². The molecule has 7 N–H and O–H groups in total. The number of rotatable bonds is 39. The van der Waals surface area contributed by atoms with E-state index in [0.29, 0.717) is 32.2 Å². The van der Waals surface area contributed by atoms with Crippen LogP contribution in [0.3, 0.4) is 0 Å². The van der Waals surface area contributed by atoms with Crippen molar-refractivity contribution in [3.63, 3.8) is 0 Å². The van der Waals surface area contributed by atoms with E-state index in [2.05, 4.69) is 19.5 Å². The van der Waals surface area contributed by atoms with Crippen LogP contribution >= 0.6 is 22.9 Å². The molecule has 0 aliphatic heterocycles. The maximum Gasteiger partial charge on any atom is 0.326 e. The van der Waals surface area contributed by atoms with Crippen LogP contribution in [0.15, 0.2) is 0 Å². The van der Waals surface area contributed by atoms with Crippen molar-refractivity contribution in [3.05, 3.63) is 0 Å². The van der Waals surface area contributed by atoms with Gasteiger partial charge in [0.1, 0.15) is 18.7 Å². The largest absolute Gasteiger partial charge is 0.481 e. The molecule has 3 amide bonds. The van der Waals surface area contributed by atoms with Gasteiger partial charge in [-0.1, -0.05) is 89.9 Å².